The first-order valence-corrected chi connectivity index (χ1v) is 8.47. The molecule has 0 spiro atoms. The summed E-state index contributed by atoms with van der Waals surface area (Å²) in [7, 11) is 1.86. The van der Waals surface area contributed by atoms with Gasteiger partial charge in [-0.2, -0.15) is 11.3 Å². The molecule has 0 aliphatic carbocycles. The maximum atomic E-state index is 12.7. The Kier molecular flexibility index (Phi) is 4.18. The molecule has 21 heavy (non-hydrogen) atoms. The summed E-state index contributed by atoms with van der Waals surface area (Å²) >= 11 is 3.16. The summed E-state index contributed by atoms with van der Waals surface area (Å²) in [5.74, 6) is 0.0788. The normalized spacial score (nSPS) is 10.5. The number of benzene rings is 1. The first kappa shape index (κ1) is 14.0. The second-order valence-electron chi connectivity index (χ2n) is 4.82. The van der Waals surface area contributed by atoms with Crippen LogP contribution < -0.4 is 0 Å². The van der Waals surface area contributed by atoms with E-state index in [0.717, 1.165) is 16.0 Å². The number of carbonyl (C=O) groups excluding carboxylic acids is 1. The highest BCUT2D eigenvalue weighted by Crippen LogP contribution is 2.29. The van der Waals surface area contributed by atoms with Crippen molar-refractivity contribution in [2.75, 3.05) is 7.05 Å². The maximum Gasteiger partial charge on any atom is 0.264 e. The number of amides is 1. The van der Waals surface area contributed by atoms with Crippen molar-refractivity contribution in [2.45, 2.75) is 6.54 Å². The molecule has 0 bridgehead atoms. The average molecular weight is 313 g/mol. The van der Waals surface area contributed by atoms with Gasteiger partial charge in [-0.25, -0.2) is 0 Å². The molecule has 0 fully saturated rings. The van der Waals surface area contributed by atoms with Crippen LogP contribution in [0.25, 0.3) is 11.1 Å². The molecule has 1 aromatic carbocycles. The van der Waals surface area contributed by atoms with Crippen molar-refractivity contribution in [2.24, 2.45) is 0 Å². The number of hydrogen-bond donors (Lipinski definition) is 0. The zero-order chi connectivity index (χ0) is 14.7. The molecular formula is C17H15NOS2. The van der Waals surface area contributed by atoms with Gasteiger partial charge in [-0.05, 0) is 39.4 Å². The summed E-state index contributed by atoms with van der Waals surface area (Å²) in [6.07, 6.45) is 0. The standard InChI is InChI=1S/C17H15NOS2/c1-18(11-13-7-9-20-12-13)17(19)16-15(8-10-21-16)14-5-3-2-4-6-14/h2-10,12H,11H2,1H3. The molecule has 1 amide bonds. The minimum Gasteiger partial charge on any atom is -0.337 e. The predicted molar refractivity (Wildman–Crippen MR) is 89.9 cm³/mol. The van der Waals surface area contributed by atoms with Gasteiger partial charge in [0.15, 0.2) is 0 Å². The van der Waals surface area contributed by atoms with Gasteiger partial charge in [0.2, 0.25) is 0 Å². The van der Waals surface area contributed by atoms with Crippen LogP contribution in [0.1, 0.15) is 15.2 Å². The van der Waals surface area contributed by atoms with E-state index in [9.17, 15) is 4.79 Å². The van der Waals surface area contributed by atoms with Crippen molar-refractivity contribution >= 4 is 28.6 Å². The molecule has 3 rings (SSSR count). The Labute approximate surface area is 132 Å². The summed E-state index contributed by atoms with van der Waals surface area (Å²) in [6.45, 7) is 0.647. The lowest BCUT2D eigenvalue weighted by molar-refractivity contribution is 0.0790. The van der Waals surface area contributed by atoms with Gasteiger partial charge in [-0.3, -0.25) is 4.79 Å². The third-order valence-corrected chi connectivity index (χ3v) is 4.93. The van der Waals surface area contributed by atoms with Crippen LogP contribution in [0.2, 0.25) is 0 Å². The third kappa shape index (κ3) is 3.06. The van der Waals surface area contributed by atoms with Gasteiger partial charge in [0.25, 0.3) is 5.91 Å². The summed E-state index contributed by atoms with van der Waals surface area (Å²) in [5.41, 5.74) is 3.28. The van der Waals surface area contributed by atoms with Gasteiger partial charge in [-0.1, -0.05) is 30.3 Å². The topological polar surface area (TPSA) is 20.3 Å². The molecule has 0 unspecified atom stereocenters. The molecule has 0 aliphatic heterocycles. The van der Waals surface area contributed by atoms with Crippen LogP contribution in [0.5, 0.6) is 0 Å². The van der Waals surface area contributed by atoms with Crippen molar-refractivity contribution in [1.82, 2.24) is 4.90 Å². The van der Waals surface area contributed by atoms with Gasteiger partial charge in [-0.15, -0.1) is 11.3 Å². The fourth-order valence-electron chi connectivity index (χ4n) is 2.22. The Morgan fingerprint density at radius 3 is 2.62 bits per heavy atom. The van der Waals surface area contributed by atoms with Crippen LogP contribution in [0.3, 0.4) is 0 Å². The number of carbonyl (C=O) groups is 1. The first-order valence-electron chi connectivity index (χ1n) is 6.65. The van der Waals surface area contributed by atoms with Crippen molar-refractivity contribution in [1.29, 1.82) is 0 Å². The van der Waals surface area contributed by atoms with Gasteiger partial charge >= 0.3 is 0 Å². The monoisotopic (exact) mass is 313 g/mol. The Morgan fingerprint density at radius 1 is 1.10 bits per heavy atom. The summed E-state index contributed by atoms with van der Waals surface area (Å²) in [6, 6.07) is 14.1. The van der Waals surface area contributed by atoms with E-state index in [2.05, 4.69) is 11.4 Å². The van der Waals surface area contributed by atoms with E-state index in [4.69, 9.17) is 0 Å². The van der Waals surface area contributed by atoms with E-state index in [0.29, 0.717) is 6.54 Å². The van der Waals surface area contributed by atoms with E-state index < -0.39 is 0 Å². The molecule has 0 aliphatic rings. The quantitative estimate of drug-likeness (QED) is 0.680. The lowest BCUT2D eigenvalue weighted by Gasteiger charge is -2.16. The van der Waals surface area contributed by atoms with E-state index in [1.807, 2.05) is 54.2 Å². The number of hydrogen-bond acceptors (Lipinski definition) is 3. The molecule has 2 nitrogen and oxygen atoms in total. The Morgan fingerprint density at radius 2 is 1.90 bits per heavy atom. The SMILES string of the molecule is CN(Cc1ccsc1)C(=O)c1sccc1-c1ccccc1. The van der Waals surface area contributed by atoms with Gasteiger partial charge < -0.3 is 4.90 Å². The molecule has 2 aromatic heterocycles. The minimum atomic E-state index is 0.0788. The molecule has 4 heteroatoms. The zero-order valence-corrected chi connectivity index (χ0v) is 13.3. The molecule has 0 N–H and O–H groups in total. The predicted octanol–water partition coefficient (Wildman–Crippen LogP) is 4.75. The summed E-state index contributed by atoms with van der Waals surface area (Å²) in [5, 5.41) is 6.10. The summed E-state index contributed by atoms with van der Waals surface area (Å²) < 4.78 is 0. The smallest absolute Gasteiger partial charge is 0.264 e. The fourth-order valence-corrected chi connectivity index (χ4v) is 3.79. The van der Waals surface area contributed by atoms with E-state index in [1.165, 1.54) is 16.9 Å². The molecule has 0 saturated carbocycles. The van der Waals surface area contributed by atoms with Crippen LogP contribution in [-0.2, 0) is 6.54 Å². The van der Waals surface area contributed by atoms with Crippen molar-refractivity contribution in [3.05, 3.63) is 69.0 Å². The minimum absolute atomic E-state index is 0.0788. The van der Waals surface area contributed by atoms with Gasteiger partial charge in [0.1, 0.15) is 0 Å². The zero-order valence-electron chi connectivity index (χ0n) is 11.7. The third-order valence-electron chi connectivity index (χ3n) is 3.29. The van der Waals surface area contributed by atoms with Crippen molar-refractivity contribution in [3.63, 3.8) is 0 Å². The van der Waals surface area contributed by atoms with Gasteiger partial charge in [0, 0.05) is 19.2 Å². The second-order valence-corrected chi connectivity index (χ2v) is 6.52. The lowest BCUT2D eigenvalue weighted by atomic mass is 10.1. The number of nitrogens with zero attached hydrogens (tertiary/aromatic N) is 1. The number of rotatable bonds is 4. The summed E-state index contributed by atoms with van der Waals surface area (Å²) in [4.78, 5) is 15.2. The van der Waals surface area contributed by atoms with E-state index in [1.54, 1.807) is 16.2 Å². The molecular weight excluding hydrogens is 298 g/mol. The number of thiophene rings is 2. The lowest BCUT2D eigenvalue weighted by Crippen LogP contribution is -2.25. The van der Waals surface area contributed by atoms with E-state index in [-0.39, 0.29) is 5.91 Å². The molecule has 0 saturated heterocycles. The molecule has 3 aromatic rings. The Balaban J connectivity index is 1.84. The highest BCUT2D eigenvalue weighted by atomic mass is 32.1. The largest absolute Gasteiger partial charge is 0.337 e. The molecule has 0 radical (unpaired) electrons. The Hall–Kier alpha value is -1.91. The van der Waals surface area contributed by atoms with Crippen molar-refractivity contribution < 1.29 is 4.79 Å². The van der Waals surface area contributed by atoms with Crippen LogP contribution >= 0.6 is 22.7 Å². The van der Waals surface area contributed by atoms with E-state index >= 15 is 0 Å². The highest BCUT2D eigenvalue weighted by Gasteiger charge is 2.18. The van der Waals surface area contributed by atoms with Crippen LogP contribution in [-0.4, -0.2) is 17.9 Å². The average Bonchev–Trinajstić information content (AvgIpc) is 3.18. The highest BCUT2D eigenvalue weighted by molar-refractivity contribution is 7.12. The van der Waals surface area contributed by atoms with Crippen LogP contribution in [0.15, 0.2) is 58.6 Å². The van der Waals surface area contributed by atoms with Crippen molar-refractivity contribution in [3.8, 4) is 11.1 Å². The molecule has 0 atom stereocenters. The van der Waals surface area contributed by atoms with Gasteiger partial charge in [0.05, 0.1) is 4.88 Å². The fraction of sp³-hybridized carbons (Fsp3) is 0.118. The molecule has 2 heterocycles. The maximum absolute atomic E-state index is 12.7. The first-order chi connectivity index (χ1) is 10.3. The van der Waals surface area contributed by atoms with Crippen LogP contribution in [0, 0.1) is 0 Å². The molecule has 106 valence electrons. The van der Waals surface area contributed by atoms with Crippen LogP contribution in [0.4, 0.5) is 0 Å². The second kappa shape index (κ2) is 6.24. The Bertz CT molecular complexity index is 716.